The van der Waals surface area contributed by atoms with Crippen LogP contribution in [0.3, 0.4) is 0 Å². The Kier molecular flexibility index (Phi) is 2.82. The summed E-state index contributed by atoms with van der Waals surface area (Å²) in [7, 11) is 0. The molecule has 1 aromatic carbocycles. The van der Waals surface area contributed by atoms with Crippen LogP contribution in [0.2, 0.25) is 0 Å². The summed E-state index contributed by atoms with van der Waals surface area (Å²) in [6.07, 6.45) is 0. The topological polar surface area (TPSA) is 20.2 Å². The first-order chi connectivity index (χ1) is 7.53. The van der Waals surface area contributed by atoms with E-state index in [1.165, 1.54) is 6.07 Å². The zero-order chi connectivity index (χ0) is 11.8. The first-order valence-corrected chi connectivity index (χ1v) is 5.93. The summed E-state index contributed by atoms with van der Waals surface area (Å²) in [6, 6.07) is 8.17. The molecule has 0 spiro atoms. The zero-order valence-electron chi connectivity index (χ0n) is 9.20. The fraction of sp³-hybridized carbons (Fsp3) is 0.231. The van der Waals surface area contributed by atoms with Gasteiger partial charge < -0.3 is 5.11 Å². The van der Waals surface area contributed by atoms with Crippen molar-refractivity contribution in [3.8, 4) is 0 Å². The highest BCUT2D eigenvalue weighted by atomic mass is 32.1. The fourth-order valence-electron chi connectivity index (χ4n) is 1.89. The molecule has 0 saturated carbocycles. The third kappa shape index (κ3) is 1.77. The lowest BCUT2D eigenvalue weighted by Crippen LogP contribution is -2.24. The molecule has 0 aliphatic rings. The number of benzene rings is 1. The molecule has 84 valence electrons. The number of hydrogen-bond donors (Lipinski definition) is 1. The molecule has 16 heavy (non-hydrogen) atoms. The van der Waals surface area contributed by atoms with Gasteiger partial charge in [-0.25, -0.2) is 4.39 Å². The number of thiophene rings is 1. The minimum atomic E-state index is -1.27. The Morgan fingerprint density at radius 1 is 1.19 bits per heavy atom. The molecule has 0 aliphatic carbocycles. The number of rotatable bonds is 2. The summed E-state index contributed by atoms with van der Waals surface area (Å²) in [5.74, 6) is -0.377. The van der Waals surface area contributed by atoms with Crippen molar-refractivity contribution in [1.82, 2.24) is 0 Å². The maximum Gasteiger partial charge on any atom is 0.129 e. The lowest BCUT2D eigenvalue weighted by Gasteiger charge is -2.24. The Hall–Kier alpha value is -1.19. The summed E-state index contributed by atoms with van der Waals surface area (Å²) in [5.41, 5.74) is -0.186. The molecule has 0 amide bonds. The van der Waals surface area contributed by atoms with Crippen LogP contribution in [0.25, 0.3) is 0 Å². The third-order valence-corrected chi connectivity index (χ3v) is 3.63. The van der Waals surface area contributed by atoms with E-state index in [2.05, 4.69) is 0 Å². The molecule has 0 aliphatic heterocycles. The highest BCUT2D eigenvalue weighted by Gasteiger charge is 2.30. The minimum absolute atomic E-state index is 0.316. The maximum atomic E-state index is 13.7. The second-order valence-corrected chi connectivity index (χ2v) is 5.06. The van der Waals surface area contributed by atoms with E-state index in [1.54, 1.807) is 36.5 Å². The van der Waals surface area contributed by atoms with Gasteiger partial charge in [0, 0.05) is 16.0 Å². The first kappa shape index (κ1) is 11.3. The fourth-order valence-corrected chi connectivity index (χ4v) is 2.69. The molecule has 1 atom stereocenters. The Balaban J connectivity index is 2.55. The van der Waals surface area contributed by atoms with Crippen molar-refractivity contribution in [3.63, 3.8) is 0 Å². The number of hydrogen-bond acceptors (Lipinski definition) is 2. The molecule has 0 bridgehead atoms. The van der Waals surface area contributed by atoms with Crippen LogP contribution in [-0.2, 0) is 5.60 Å². The molecular formula is C13H13FOS. The van der Waals surface area contributed by atoms with E-state index in [4.69, 9.17) is 0 Å². The van der Waals surface area contributed by atoms with Gasteiger partial charge >= 0.3 is 0 Å². The molecule has 1 aromatic heterocycles. The van der Waals surface area contributed by atoms with E-state index >= 15 is 0 Å². The van der Waals surface area contributed by atoms with Crippen molar-refractivity contribution in [2.24, 2.45) is 0 Å². The summed E-state index contributed by atoms with van der Waals surface area (Å²) >= 11 is 1.55. The van der Waals surface area contributed by atoms with E-state index in [-0.39, 0.29) is 5.82 Å². The Morgan fingerprint density at radius 2 is 1.88 bits per heavy atom. The minimum Gasteiger partial charge on any atom is -0.381 e. The maximum absolute atomic E-state index is 13.7. The van der Waals surface area contributed by atoms with E-state index in [9.17, 15) is 9.50 Å². The van der Waals surface area contributed by atoms with Gasteiger partial charge in [-0.2, -0.15) is 0 Å². The molecular weight excluding hydrogens is 223 g/mol. The van der Waals surface area contributed by atoms with Crippen molar-refractivity contribution in [2.75, 3.05) is 0 Å². The molecule has 0 saturated heterocycles. The van der Waals surface area contributed by atoms with Crippen LogP contribution in [0.4, 0.5) is 4.39 Å². The summed E-state index contributed by atoms with van der Waals surface area (Å²) < 4.78 is 13.7. The van der Waals surface area contributed by atoms with Gasteiger partial charge in [0.1, 0.15) is 11.4 Å². The average Bonchev–Trinajstić information content (AvgIpc) is 2.65. The van der Waals surface area contributed by atoms with Crippen molar-refractivity contribution in [2.45, 2.75) is 19.4 Å². The SMILES string of the molecule is Cc1sccc1C(C)(O)c1ccccc1F. The Morgan fingerprint density at radius 3 is 2.44 bits per heavy atom. The summed E-state index contributed by atoms with van der Waals surface area (Å²) in [5, 5.41) is 12.4. The molecule has 0 fully saturated rings. The second kappa shape index (κ2) is 4.00. The van der Waals surface area contributed by atoms with Gasteiger partial charge in [0.25, 0.3) is 0 Å². The average molecular weight is 236 g/mol. The largest absolute Gasteiger partial charge is 0.381 e. The van der Waals surface area contributed by atoms with Crippen LogP contribution in [0.15, 0.2) is 35.7 Å². The van der Waals surface area contributed by atoms with Crippen molar-refractivity contribution < 1.29 is 9.50 Å². The van der Waals surface area contributed by atoms with E-state index in [1.807, 2.05) is 18.4 Å². The highest BCUT2D eigenvalue weighted by Crippen LogP contribution is 2.34. The molecule has 2 rings (SSSR count). The van der Waals surface area contributed by atoms with E-state index in [0.717, 1.165) is 10.4 Å². The van der Waals surface area contributed by atoms with Gasteiger partial charge in [-0.3, -0.25) is 0 Å². The number of aryl methyl sites for hydroxylation is 1. The lowest BCUT2D eigenvalue weighted by atomic mass is 9.88. The van der Waals surface area contributed by atoms with Gasteiger partial charge in [-0.15, -0.1) is 11.3 Å². The smallest absolute Gasteiger partial charge is 0.129 e. The number of aliphatic hydroxyl groups is 1. The molecule has 3 heteroatoms. The van der Waals surface area contributed by atoms with Gasteiger partial charge in [-0.1, -0.05) is 18.2 Å². The second-order valence-electron chi connectivity index (χ2n) is 3.94. The molecule has 2 aromatic rings. The van der Waals surface area contributed by atoms with Crippen LogP contribution >= 0.6 is 11.3 Å². The molecule has 0 radical (unpaired) electrons. The van der Waals surface area contributed by atoms with Crippen LogP contribution in [-0.4, -0.2) is 5.11 Å². The molecule has 1 N–H and O–H groups in total. The normalized spacial score (nSPS) is 14.8. The highest BCUT2D eigenvalue weighted by molar-refractivity contribution is 7.10. The van der Waals surface area contributed by atoms with Gasteiger partial charge in [0.2, 0.25) is 0 Å². The third-order valence-electron chi connectivity index (χ3n) is 2.78. The molecule has 1 nitrogen and oxygen atoms in total. The molecule has 1 unspecified atom stereocenters. The summed E-state index contributed by atoms with van der Waals surface area (Å²) in [6.45, 7) is 3.55. The predicted molar refractivity (Wildman–Crippen MR) is 64.1 cm³/mol. The van der Waals surface area contributed by atoms with Crippen molar-refractivity contribution in [1.29, 1.82) is 0 Å². The van der Waals surface area contributed by atoms with Crippen LogP contribution in [0, 0.1) is 12.7 Å². The zero-order valence-corrected chi connectivity index (χ0v) is 10.0. The van der Waals surface area contributed by atoms with Gasteiger partial charge in [0.15, 0.2) is 0 Å². The van der Waals surface area contributed by atoms with Crippen LogP contribution in [0.5, 0.6) is 0 Å². The van der Waals surface area contributed by atoms with Crippen molar-refractivity contribution in [3.05, 3.63) is 57.5 Å². The monoisotopic (exact) mass is 236 g/mol. The van der Waals surface area contributed by atoms with Crippen LogP contribution in [0.1, 0.15) is 22.9 Å². The quantitative estimate of drug-likeness (QED) is 0.846. The summed E-state index contributed by atoms with van der Waals surface area (Å²) in [4.78, 5) is 1.01. The van der Waals surface area contributed by atoms with E-state index < -0.39 is 5.60 Å². The number of halogens is 1. The molecule has 1 heterocycles. The Bertz CT molecular complexity index is 502. The van der Waals surface area contributed by atoms with E-state index in [0.29, 0.717) is 5.56 Å². The Labute approximate surface area is 98.2 Å². The van der Waals surface area contributed by atoms with Gasteiger partial charge in [0.05, 0.1) is 0 Å². The first-order valence-electron chi connectivity index (χ1n) is 5.05. The van der Waals surface area contributed by atoms with Crippen LogP contribution < -0.4 is 0 Å². The lowest BCUT2D eigenvalue weighted by molar-refractivity contribution is 0.0978. The van der Waals surface area contributed by atoms with Crippen molar-refractivity contribution >= 4 is 11.3 Å². The van der Waals surface area contributed by atoms with Gasteiger partial charge in [-0.05, 0) is 31.4 Å². The standard InChI is InChI=1S/C13H13FOS/c1-9-10(7-8-16-9)13(2,15)11-5-3-4-6-12(11)14/h3-8,15H,1-2H3. The predicted octanol–water partition coefficient (Wildman–Crippen LogP) is 3.45.